The van der Waals surface area contributed by atoms with Gasteiger partial charge in [-0.1, -0.05) is 23.7 Å². The van der Waals surface area contributed by atoms with E-state index in [1.807, 2.05) is 6.07 Å². The van der Waals surface area contributed by atoms with Crippen molar-refractivity contribution in [2.75, 3.05) is 5.32 Å². The first kappa shape index (κ1) is 14.0. The van der Waals surface area contributed by atoms with Crippen LogP contribution >= 0.6 is 11.6 Å². The first-order chi connectivity index (χ1) is 9.52. The second-order valence-corrected chi connectivity index (χ2v) is 4.60. The number of nitrogens with one attached hydrogen (secondary N) is 1. The molecule has 100 valence electrons. The van der Waals surface area contributed by atoms with Crippen LogP contribution in [0.15, 0.2) is 36.4 Å². The SMILES string of the molecule is Cc1ccc(C#N)cc1NC(=O)c1cccc(Cl)c1F. The molecule has 0 heterocycles. The van der Waals surface area contributed by atoms with Crippen LogP contribution in [-0.2, 0) is 0 Å². The number of carbonyl (C=O) groups is 1. The van der Waals surface area contributed by atoms with Gasteiger partial charge in [-0.05, 0) is 36.8 Å². The van der Waals surface area contributed by atoms with Crippen LogP contribution in [0.1, 0.15) is 21.5 Å². The van der Waals surface area contributed by atoms with E-state index in [9.17, 15) is 9.18 Å². The maximum absolute atomic E-state index is 13.8. The Bertz CT molecular complexity index is 722. The van der Waals surface area contributed by atoms with Gasteiger partial charge in [0.2, 0.25) is 0 Å². The molecule has 1 amide bonds. The van der Waals surface area contributed by atoms with Gasteiger partial charge in [-0.2, -0.15) is 5.26 Å². The summed E-state index contributed by atoms with van der Waals surface area (Å²) in [6.45, 7) is 1.78. The molecule has 0 fully saturated rings. The number of hydrogen-bond donors (Lipinski definition) is 1. The summed E-state index contributed by atoms with van der Waals surface area (Å²) >= 11 is 5.64. The third kappa shape index (κ3) is 2.79. The van der Waals surface area contributed by atoms with Gasteiger partial charge in [0.25, 0.3) is 5.91 Å². The Kier molecular flexibility index (Phi) is 4.02. The molecule has 0 unspecified atom stereocenters. The molecule has 0 aliphatic heterocycles. The molecule has 5 heteroatoms. The Hall–Kier alpha value is -2.38. The average Bonchev–Trinajstić information content (AvgIpc) is 2.44. The van der Waals surface area contributed by atoms with E-state index in [1.165, 1.54) is 24.3 Å². The monoisotopic (exact) mass is 288 g/mol. The second-order valence-electron chi connectivity index (χ2n) is 4.20. The highest BCUT2D eigenvalue weighted by Crippen LogP contribution is 2.21. The van der Waals surface area contributed by atoms with E-state index in [2.05, 4.69) is 5.32 Å². The van der Waals surface area contributed by atoms with Crippen LogP contribution in [0, 0.1) is 24.1 Å². The molecular weight excluding hydrogens is 279 g/mol. The van der Waals surface area contributed by atoms with Gasteiger partial charge in [-0.3, -0.25) is 4.79 Å². The lowest BCUT2D eigenvalue weighted by Crippen LogP contribution is -2.14. The molecule has 2 aromatic carbocycles. The number of carbonyl (C=O) groups excluding carboxylic acids is 1. The lowest BCUT2D eigenvalue weighted by molar-refractivity contribution is 0.102. The highest BCUT2D eigenvalue weighted by molar-refractivity contribution is 6.31. The van der Waals surface area contributed by atoms with E-state index in [1.54, 1.807) is 19.1 Å². The summed E-state index contributed by atoms with van der Waals surface area (Å²) in [5.74, 6) is -1.37. The average molecular weight is 289 g/mol. The first-order valence-electron chi connectivity index (χ1n) is 5.79. The van der Waals surface area contributed by atoms with Crippen LogP contribution in [-0.4, -0.2) is 5.91 Å². The standard InChI is InChI=1S/C15H10ClFN2O/c1-9-5-6-10(8-18)7-13(9)19-15(20)11-3-2-4-12(16)14(11)17/h2-7H,1H3,(H,19,20). The van der Waals surface area contributed by atoms with Gasteiger partial charge in [0.05, 0.1) is 22.2 Å². The molecule has 1 N–H and O–H groups in total. The van der Waals surface area contributed by atoms with E-state index in [-0.39, 0.29) is 10.6 Å². The van der Waals surface area contributed by atoms with Crippen molar-refractivity contribution in [2.45, 2.75) is 6.92 Å². The van der Waals surface area contributed by atoms with Gasteiger partial charge in [-0.15, -0.1) is 0 Å². The molecular formula is C15H10ClFN2O. The van der Waals surface area contributed by atoms with Crippen LogP contribution in [0.25, 0.3) is 0 Å². The van der Waals surface area contributed by atoms with Gasteiger partial charge >= 0.3 is 0 Å². The zero-order chi connectivity index (χ0) is 14.7. The molecule has 3 nitrogen and oxygen atoms in total. The van der Waals surface area contributed by atoms with Gasteiger partial charge in [0, 0.05) is 5.69 Å². The number of nitrogens with zero attached hydrogens (tertiary/aromatic N) is 1. The number of halogens is 2. The number of rotatable bonds is 2. The van der Waals surface area contributed by atoms with Crippen molar-refractivity contribution in [3.05, 3.63) is 63.9 Å². The molecule has 2 rings (SSSR count). The quantitative estimate of drug-likeness (QED) is 0.911. The highest BCUT2D eigenvalue weighted by atomic mass is 35.5. The minimum atomic E-state index is -0.763. The van der Waals surface area contributed by atoms with Crippen molar-refractivity contribution in [3.63, 3.8) is 0 Å². The van der Waals surface area contributed by atoms with Crippen molar-refractivity contribution >= 4 is 23.2 Å². The highest BCUT2D eigenvalue weighted by Gasteiger charge is 2.15. The maximum Gasteiger partial charge on any atom is 0.258 e. The summed E-state index contributed by atoms with van der Waals surface area (Å²) in [5.41, 5.74) is 1.52. The van der Waals surface area contributed by atoms with E-state index in [0.717, 1.165) is 5.56 Å². The van der Waals surface area contributed by atoms with E-state index in [4.69, 9.17) is 16.9 Å². The number of benzene rings is 2. The number of aryl methyl sites for hydroxylation is 1. The lowest BCUT2D eigenvalue weighted by atomic mass is 10.1. The fourth-order valence-corrected chi connectivity index (χ4v) is 1.87. The molecule has 0 aromatic heterocycles. The summed E-state index contributed by atoms with van der Waals surface area (Å²) in [7, 11) is 0. The van der Waals surface area contributed by atoms with Crippen LogP contribution in [0.2, 0.25) is 5.02 Å². The molecule has 0 spiro atoms. The molecule has 2 aromatic rings. The molecule has 20 heavy (non-hydrogen) atoms. The van der Waals surface area contributed by atoms with Gasteiger partial charge in [0.1, 0.15) is 0 Å². The Labute approximate surface area is 120 Å². The summed E-state index contributed by atoms with van der Waals surface area (Å²) in [6.07, 6.45) is 0. The summed E-state index contributed by atoms with van der Waals surface area (Å²) < 4.78 is 13.8. The first-order valence-corrected chi connectivity index (χ1v) is 6.17. The molecule has 0 radical (unpaired) electrons. The number of hydrogen-bond acceptors (Lipinski definition) is 2. The Morgan fingerprint density at radius 3 is 2.80 bits per heavy atom. The largest absolute Gasteiger partial charge is 0.322 e. The number of nitriles is 1. The van der Waals surface area contributed by atoms with Gasteiger partial charge in [0.15, 0.2) is 5.82 Å². The predicted octanol–water partition coefficient (Wildman–Crippen LogP) is 3.91. The topological polar surface area (TPSA) is 52.9 Å². The molecule has 0 saturated heterocycles. The van der Waals surface area contributed by atoms with Crippen molar-refractivity contribution in [2.24, 2.45) is 0 Å². The minimum absolute atomic E-state index is 0.111. The zero-order valence-electron chi connectivity index (χ0n) is 10.6. The zero-order valence-corrected chi connectivity index (χ0v) is 11.3. The van der Waals surface area contributed by atoms with E-state index < -0.39 is 11.7 Å². The molecule has 0 bridgehead atoms. The van der Waals surface area contributed by atoms with Gasteiger partial charge in [-0.25, -0.2) is 4.39 Å². The van der Waals surface area contributed by atoms with Crippen molar-refractivity contribution in [3.8, 4) is 6.07 Å². The number of amides is 1. The lowest BCUT2D eigenvalue weighted by Gasteiger charge is -2.09. The normalized spacial score (nSPS) is 9.90. The van der Waals surface area contributed by atoms with E-state index in [0.29, 0.717) is 11.3 Å². The summed E-state index contributed by atoms with van der Waals surface area (Å²) in [5, 5.41) is 11.3. The molecule has 0 saturated carbocycles. The Balaban J connectivity index is 2.33. The van der Waals surface area contributed by atoms with Crippen molar-refractivity contribution in [1.29, 1.82) is 5.26 Å². The molecule has 0 aliphatic carbocycles. The van der Waals surface area contributed by atoms with Crippen molar-refractivity contribution in [1.82, 2.24) is 0 Å². The third-order valence-corrected chi connectivity index (χ3v) is 3.10. The maximum atomic E-state index is 13.8. The Morgan fingerprint density at radius 2 is 2.10 bits per heavy atom. The molecule has 0 atom stereocenters. The Morgan fingerprint density at radius 1 is 1.35 bits per heavy atom. The number of anilines is 1. The van der Waals surface area contributed by atoms with Crippen LogP contribution in [0.4, 0.5) is 10.1 Å². The van der Waals surface area contributed by atoms with Gasteiger partial charge < -0.3 is 5.32 Å². The van der Waals surface area contributed by atoms with Crippen LogP contribution < -0.4 is 5.32 Å². The van der Waals surface area contributed by atoms with Crippen LogP contribution in [0.3, 0.4) is 0 Å². The summed E-state index contributed by atoms with van der Waals surface area (Å²) in [4.78, 5) is 12.0. The second kappa shape index (κ2) is 5.72. The predicted molar refractivity (Wildman–Crippen MR) is 75.3 cm³/mol. The fraction of sp³-hybridized carbons (Fsp3) is 0.0667. The summed E-state index contributed by atoms with van der Waals surface area (Å²) in [6, 6.07) is 11.1. The third-order valence-electron chi connectivity index (χ3n) is 2.81. The smallest absolute Gasteiger partial charge is 0.258 e. The minimum Gasteiger partial charge on any atom is -0.322 e. The fourth-order valence-electron chi connectivity index (χ4n) is 1.70. The van der Waals surface area contributed by atoms with E-state index >= 15 is 0 Å². The molecule has 0 aliphatic rings. The van der Waals surface area contributed by atoms with Crippen molar-refractivity contribution < 1.29 is 9.18 Å². The van der Waals surface area contributed by atoms with Crippen LogP contribution in [0.5, 0.6) is 0 Å².